The third-order valence-corrected chi connectivity index (χ3v) is 4.38. The summed E-state index contributed by atoms with van der Waals surface area (Å²) in [5.74, 6) is 0. The van der Waals surface area contributed by atoms with Gasteiger partial charge >= 0.3 is 0 Å². The summed E-state index contributed by atoms with van der Waals surface area (Å²) in [6.07, 6.45) is 3.25. The smallest absolute Gasteiger partial charge is 0.0799 e. The van der Waals surface area contributed by atoms with Crippen LogP contribution in [0.4, 0.5) is 0 Å². The van der Waals surface area contributed by atoms with Crippen LogP contribution in [0.2, 0.25) is 0 Å². The highest BCUT2D eigenvalue weighted by atomic mass is 15.3. The molecule has 110 valence electrons. The molecule has 0 saturated carbocycles. The van der Waals surface area contributed by atoms with Crippen LogP contribution in [-0.4, -0.2) is 16.3 Å². The molecule has 0 aliphatic carbocycles. The highest BCUT2D eigenvalue weighted by molar-refractivity contribution is 5.70. The van der Waals surface area contributed by atoms with Crippen molar-refractivity contribution < 1.29 is 0 Å². The summed E-state index contributed by atoms with van der Waals surface area (Å²) in [7, 11) is 0. The molecule has 2 heterocycles. The Morgan fingerprint density at radius 3 is 2.73 bits per heavy atom. The molecular formula is C19H19N3. The average Bonchev–Trinajstić information content (AvgIpc) is 2.99. The van der Waals surface area contributed by atoms with E-state index in [9.17, 15) is 0 Å². The Morgan fingerprint density at radius 2 is 1.91 bits per heavy atom. The van der Waals surface area contributed by atoms with E-state index in [1.807, 2.05) is 4.68 Å². The second-order valence-corrected chi connectivity index (χ2v) is 5.79. The standard InChI is InChI=1S/C19H19N3/c1-14-17(15-6-3-2-4-7-15)8-5-9-19(14)22-13-16-10-11-20-12-18(16)21-22/h2-9,13,20H,10-12H2,1H3. The zero-order valence-electron chi connectivity index (χ0n) is 12.7. The third kappa shape index (κ3) is 2.24. The molecule has 0 amide bonds. The number of nitrogens with one attached hydrogen (secondary N) is 1. The Kier molecular flexibility index (Phi) is 3.28. The lowest BCUT2D eigenvalue weighted by Gasteiger charge is -2.11. The lowest BCUT2D eigenvalue weighted by Crippen LogP contribution is -2.22. The van der Waals surface area contributed by atoms with Gasteiger partial charge in [-0.3, -0.25) is 0 Å². The molecule has 1 N–H and O–H groups in total. The van der Waals surface area contributed by atoms with E-state index in [4.69, 9.17) is 5.10 Å². The molecule has 0 fully saturated rings. The van der Waals surface area contributed by atoms with Crippen LogP contribution >= 0.6 is 0 Å². The predicted octanol–water partition coefficient (Wildman–Crippen LogP) is 3.49. The van der Waals surface area contributed by atoms with Crippen LogP contribution in [0.1, 0.15) is 16.8 Å². The second-order valence-electron chi connectivity index (χ2n) is 5.79. The van der Waals surface area contributed by atoms with Crippen molar-refractivity contribution in [3.63, 3.8) is 0 Å². The van der Waals surface area contributed by atoms with Gasteiger partial charge in [0.2, 0.25) is 0 Å². The molecule has 1 aromatic heterocycles. The zero-order chi connectivity index (χ0) is 14.9. The van der Waals surface area contributed by atoms with Crippen molar-refractivity contribution in [2.45, 2.75) is 19.9 Å². The molecule has 4 rings (SSSR count). The topological polar surface area (TPSA) is 29.9 Å². The minimum atomic E-state index is 0.875. The van der Waals surface area contributed by atoms with E-state index in [2.05, 4.69) is 67.0 Å². The molecule has 3 heteroatoms. The third-order valence-electron chi connectivity index (χ3n) is 4.38. The molecule has 0 spiro atoms. The van der Waals surface area contributed by atoms with Crippen LogP contribution in [0, 0.1) is 6.92 Å². The molecule has 3 aromatic rings. The number of fused-ring (bicyclic) bond motifs is 1. The molecule has 0 atom stereocenters. The molecule has 22 heavy (non-hydrogen) atoms. The van der Waals surface area contributed by atoms with Crippen molar-refractivity contribution >= 4 is 0 Å². The van der Waals surface area contributed by atoms with Crippen molar-refractivity contribution in [1.29, 1.82) is 0 Å². The number of rotatable bonds is 2. The van der Waals surface area contributed by atoms with E-state index in [0.717, 1.165) is 25.2 Å². The number of nitrogens with zero attached hydrogens (tertiary/aromatic N) is 2. The number of hydrogen-bond acceptors (Lipinski definition) is 2. The van der Waals surface area contributed by atoms with Crippen LogP contribution in [0.3, 0.4) is 0 Å². The van der Waals surface area contributed by atoms with Gasteiger partial charge in [0.05, 0.1) is 11.4 Å². The molecule has 0 unspecified atom stereocenters. The van der Waals surface area contributed by atoms with Gasteiger partial charge in [-0.05, 0) is 48.2 Å². The van der Waals surface area contributed by atoms with Gasteiger partial charge in [0.1, 0.15) is 0 Å². The average molecular weight is 289 g/mol. The first-order valence-corrected chi connectivity index (χ1v) is 7.76. The maximum atomic E-state index is 4.77. The van der Waals surface area contributed by atoms with Gasteiger partial charge in [0, 0.05) is 12.7 Å². The fraction of sp³-hybridized carbons (Fsp3) is 0.211. The Labute approximate surface area is 130 Å². The fourth-order valence-electron chi connectivity index (χ4n) is 3.16. The highest BCUT2D eigenvalue weighted by Crippen LogP contribution is 2.28. The molecule has 3 nitrogen and oxygen atoms in total. The Bertz CT molecular complexity index is 779. The van der Waals surface area contributed by atoms with Crippen molar-refractivity contribution in [3.05, 3.63) is 71.5 Å². The van der Waals surface area contributed by atoms with Gasteiger partial charge in [0.15, 0.2) is 0 Å². The van der Waals surface area contributed by atoms with E-state index < -0.39 is 0 Å². The van der Waals surface area contributed by atoms with Crippen molar-refractivity contribution in [2.24, 2.45) is 0 Å². The highest BCUT2D eigenvalue weighted by Gasteiger charge is 2.15. The van der Waals surface area contributed by atoms with Crippen LogP contribution in [-0.2, 0) is 13.0 Å². The Balaban J connectivity index is 1.81. The number of benzene rings is 2. The van der Waals surface area contributed by atoms with E-state index >= 15 is 0 Å². The normalized spacial score (nSPS) is 13.9. The first-order chi connectivity index (χ1) is 10.8. The maximum Gasteiger partial charge on any atom is 0.0799 e. The van der Waals surface area contributed by atoms with Gasteiger partial charge in [0.25, 0.3) is 0 Å². The fourth-order valence-corrected chi connectivity index (χ4v) is 3.16. The summed E-state index contributed by atoms with van der Waals surface area (Å²) in [4.78, 5) is 0. The van der Waals surface area contributed by atoms with Crippen LogP contribution in [0.15, 0.2) is 54.7 Å². The van der Waals surface area contributed by atoms with Gasteiger partial charge in [-0.2, -0.15) is 5.10 Å². The Morgan fingerprint density at radius 1 is 1.05 bits per heavy atom. The van der Waals surface area contributed by atoms with Crippen LogP contribution in [0.5, 0.6) is 0 Å². The van der Waals surface area contributed by atoms with E-state index in [0.29, 0.717) is 0 Å². The van der Waals surface area contributed by atoms with Gasteiger partial charge in [-0.25, -0.2) is 4.68 Å². The minimum absolute atomic E-state index is 0.875. The minimum Gasteiger partial charge on any atom is -0.311 e. The number of hydrogen-bond donors (Lipinski definition) is 1. The lowest BCUT2D eigenvalue weighted by atomic mass is 9.99. The molecule has 1 aliphatic heterocycles. The van der Waals surface area contributed by atoms with Gasteiger partial charge < -0.3 is 5.32 Å². The van der Waals surface area contributed by atoms with Gasteiger partial charge in [-0.15, -0.1) is 0 Å². The monoisotopic (exact) mass is 289 g/mol. The quantitative estimate of drug-likeness (QED) is 0.782. The van der Waals surface area contributed by atoms with Crippen LogP contribution in [0.25, 0.3) is 16.8 Å². The SMILES string of the molecule is Cc1c(-c2ccccc2)cccc1-n1cc2c(n1)CNCC2. The molecule has 2 aromatic carbocycles. The molecule has 1 aliphatic rings. The summed E-state index contributed by atoms with van der Waals surface area (Å²) in [6, 6.07) is 17.0. The van der Waals surface area contributed by atoms with E-state index in [1.54, 1.807) is 0 Å². The number of aromatic nitrogens is 2. The Hall–Kier alpha value is -2.39. The van der Waals surface area contributed by atoms with E-state index in [1.165, 1.54) is 27.9 Å². The summed E-state index contributed by atoms with van der Waals surface area (Å²) in [5.41, 5.74) is 7.49. The summed E-state index contributed by atoms with van der Waals surface area (Å²) < 4.78 is 2.04. The van der Waals surface area contributed by atoms with E-state index in [-0.39, 0.29) is 0 Å². The zero-order valence-corrected chi connectivity index (χ0v) is 12.7. The predicted molar refractivity (Wildman–Crippen MR) is 89.1 cm³/mol. The van der Waals surface area contributed by atoms with Gasteiger partial charge in [-0.1, -0.05) is 42.5 Å². The lowest BCUT2D eigenvalue weighted by molar-refractivity contribution is 0.629. The molecular weight excluding hydrogens is 270 g/mol. The second kappa shape index (κ2) is 5.43. The molecule has 0 saturated heterocycles. The summed E-state index contributed by atoms with van der Waals surface area (Å²) >= 11 is 0. The molecule has 0 bridgehead atoms. The van der Waals surface area contributed by atoms with Crippen molar-refractivity contribution in [3.8, 4) is 16.8 Å². The first-order valence-electron chi connectivity index (χ1n) is 7.76. The van der Waals surface area contributed by atoms with Crippen molar-refractivity contribution in [2.75, 3.05) is 6.54 Å². The van der Waals surface area contributed by atoms with Crippen LogP contribution < -0.4 is 5.32 Å². The maximum absolute atomic E-state index is 4.77. The first kappa shape index (κ1) is 13.3. The largest absolute Gasteiger partial charge is 0.311 e. The van der Waals surface area contributed by atoms with Crippen molar-refractivity contribution in [1.82, 2.24) is 15.1 Å². The molecule has 0 radical (unpaired) electrons. The summed E-state index contributed by atoms with van der Waals surface area (Å²) in [5, 5.41) is 8.15. The summed E-state index contributed by atoms with van der Waals surface area (Å²) in [6.45, 7) is 4.10.